The van der Waals surface area contributed by atoms with E-state index in [2.05, 4.69) is 16.4 Å². The molecule has 5 aromatic rings. The number of nitrogens with one attached hydrogen (secondary N) is 1. The van der Waals surface area contributed by atoms with Crippen LogP contribution in [0.1, 0.15) is 31.8 Å². The molecule has 1 heterocycles. The minimum absolute atomic E-state index is 0.291. The van der Waals surface area contributed by atoms with Crippen molar-refractivity contribution in [3.8, 4) is 39.6 Å². The number of carbonyl (C=O) groups is 2. The van der Waals surface area contributed by atoms with Gasteiger partial charge in [-0.15, -0.1) is 0 Å². The van der Waals surface area contributed by atoms with Gasteiger partial charge in [-0.05, 0) is 89.3 Å². The van der Waals surface area contributed by atoms with E-state index in [4.69, 9.17) is 5.73 Å². The largest absolute Gasteiger partial charge is 0.366 e. The Morgan fingerprint density at radius 3 is 2.28 bits per heavy atom. The number of nitrogens with two attached hydrogens (primary N) is 1. The van der Waals surface area contributed by atoms with E-state index in [0.29, 0.717) is 27.9 Å². The molecule has 2 amide bonds. The van der Waals surface area contributed by atoms with E-state index in [1.165, 1.54) is 0 Å². The monoisotopic (exact) mass is 508 g/mol. The molecule has 0 saturated heterocycles. The van der Waals surface area contributed by atoms with Crippen LogP contribution >= 0.6 is 0 Å². The minimum Gasteiger partial charge on any atom is -0.366 e. The van der Waals surface area contributed by atoms with Gasteiger partial charge in [-0.3, -0.25) is 14.6 Å². The number of nitriles is 1. The third-order valence-corrected chi connectivity index (χ3v) is 6.47. The predicted octanol–water partition coefficient (Wildman–Crippen LogP) is 6.61. The second-order valence-corrected chi connectivity index (χ2v) is 9.10. The van der Waals surface area contributed by atoms with Crippen molar-refractivity contribution < 1.29 is 9.59 Å². The number of primary amides is 1. The van der Waals surface area contributed by atoms with Crippen LogP contribution in [-0.4, -0.2) is 16.8 Å². The van der Waals surface area contributed by atoms with Crippen molar-refractivity contribution in [1.29, 1.82) is 5.26 Å². The van der Waals surface area contributed by atoms with E-state index in [0.717, 1.165) is 33.5 Å². The van der Waals surface area contributed by atoms with Gasteiger partial charge in [-0.1, -0.05) is 48.5 Å². The first kappa shape index (κ1) is 25.1. The van der Waals surface area contributed by atoms with Gasteiger partial charge in [0.25, 0.3) is 5.91 Å². The second kappa shape index (κ2) is 10.8. The molecule has 0 spiro atoms. The van der Waals surface area contributed by atoms with Crippen LogP contribution in [0.5, 0.6) is 0 Å². The summed E-state index contributed by atoms with van der Waals surface area (Å²) in [5.41, 5.74) is 13.2. The molecule has 6 nitrogen and oxygen atoms in total. The van der Waals surface area contributed by atoms with E-state index >= 15 is 0 Å². The molecule has 0 radical (unpaired) electrons. The van der Waals surface area contributed by atoms with Crippen molar-refractivity contribution in [2.24, 2.45) is 5.73 Å². The topological polar surface area (TPSA) is 109 Å². The Bertz CT molecular complexity index is 1740. The molecule has 5 rings (SSSR count). The zero-order valence-corrected chi connectivity index (χ0v) is 21.2. The fourth-order valence-corrected chi connectivity index (χ4v) is 4.50. The van der Waals surface area contributed by atoms with Crippen LogP contribution in [0, 0.1) is 18.3 Å². The maximum Gasteiger partial charge on any atom is 0.256 e. The van der Waals surface area contributed by atoms with Gasteiger partial charge in [0.05, 0.1) is 17.3 Å². The number of rotatable bonds is 6. The molecular formula is C33H24N4O2. The van der Waals surface area contributed by atoms with E-state index in [9.17, 15) is 14.9 Å². The fourth-order valence-electron chi connectivity index (χ4n) is 4.50. The smallest absolute Gasteiger partial charge is 0.256 e. The maximum atomic E-state index is 13.8. The Morgan fingerprint density at radius 1 is 0.795 bits per heavy atom. The van der Waals surface area contributed by atoms with E-state index in [-0.39, 0.29) is 5.91 Å². The van der Waals surface area contributed by atoms with Gasteiger partial charge in [0.15, 0.2) is 0 Å². The molecule has 6 heteroatoms. The summed E-state index contributed by atoms with van der Waals surface area (Å²) in [4.78, 5) is 29.7. The number of aryl methyl sites for hydroxylation is 1. The average molecular weight is 509 g/mol. The summed E-state index contributed by atoms with van der Waals surface area (Å²) in [6.07, 6.45) is 1.73. The van der Waals surface area contributed by atoms with Gasteiger partial charge >= 0.3 is 0 Å². The molecule has 0 aliphatic heterocycles. The molecule has 0 aliphatic rings. The Labute approximate surface area is 226 Å². The highest BCUT2D eigenvalue weighted by molar-refractivity contribution is 6.10. The molecule has 1 aromatic heterocycles. The Hall–Kier alpha value is -5.54. The van der Waals surface area contributed by atoms with Crippen LogP contribution < -0.4 is 11.1 Å². The molecule has 0 aliphatic carbocycles. The summed E-state index contributed by atoms with van der Waals surface area (Å²) in [6, 6.07) is 33.3. The van der Waals surface area contributed by atoms with Crippen molar-refractivity contribution in [1.82, 2.24) is 4.98 Å². The average Bonchev–Trinajstić information content (AvgIpc) is 2.97. The van der Waals surface area contributed by atoms with Gasteiger partial charge in [-0.2, -0.15) is 5.26 Å². The molecule has 0 fully saturated rings. The van der Waals surface area contributed by atoms with Crippen molar-refractivity contribution in [2.75, 3.05) is 5.32 Å². The second-order valence-electron chi connectivity index (χ2n) is 9.10. The van der Waals surface area contributed by atoms with Crippen LogP contribution in [0.25, 0.3) is 33.5 Å². The highest BCUT2D eigenvalue weighted by Crippen LogP contribution is 2.33. The van der Waals surface area contributed by atoms with Crippen molar-refractivity contribution in [3.05, 3.63) is 132 Å². The summed E-state index contributed by atoms with van der Waals surface area (Å²) < 4.78 is 0. The number of amides is 2. The Morgan fingerprint density at radius 2 is 1.56 bits per heavy atom. The fraction of sp³-hybridized carbons (Fsp3) is 0.0303. The zero-order valence-electron chi connectivity index (χ0n) is 21.2. The van der Waals surface area contributed by atoms with Crippen LogP contribution in [-0.2, 0) is 0 Å². The Balaban J connectivity index is 1.59. The van der Waals surface area contributed by atoms with Gasteiger partial charge in [0.2, 0.25) is 5.91 Å². The van der Waals surface area contributed by atoms with Gasteiger partial charge in [0.1, 0.15) is 0 Å². The molecule has 0 unspecified atom stereocenters. The third kappa shape index (κ3) is 5.43. The number of aromatic nitrogens is 1. The first-order valence-electron chi connectivity index (χ1n) is 12.3. The minimum atomic E-state index is -0.501. The molecule has 4 aromatic carbocycles. The first-order chi connectivity index (χ1) is 18.9. The number of nitrogens with zero attached hydrogens (tertiary/aromatic N) is 2. The number of pyridine rings is 1. The maximum absolute atomic E-state index is 13.8. The van der Waals surface area contributed by atoms with Crippen molar-refractivity contribution in [3.63, 3.8) is 0 Å². The van der Waals surface area contributed by atoms with Crippen LogP contribution in [0.2, 0.25) is 0 Å². The molecule has 0 atom stereocenters. The summed E-state index contributed by atoms with van der Waals surface area (Å²) in [5.74, 6) is -0.792. The highest BCUT2D eigenvalue weighted by Gasteiger charge is 2.18. The van der Waals surface area contributed by atoms with Gasteiger partial charge in [-0.25, -0.2) is 0 Å². The van der Waals surface area contributed by atoms with Crippen LogP contribution in [0.4, 0.5) is 5.69 Å². The van der Waals surface area contributed by atoms with Gasteiger partial charge < -0.3 is 11.1 Å². The molecule has 39 heavy (non-hydrogen) atoms. The highest BCUT2D eigenvalue weighted by atomic mass is 16.2. The lowest BCUT2D eigenvalue weighted by Gasteiger charge is -2.16. The normalized spacial score (nSPS) is 10.5. The van der Waals surface area contributed by atoms with Crippen LogP contribution in [0.3, 0.4) is 0 Å². The number of hydrogen-bond donors (Lipinski definition) is 2. The zero-order chi connectivity index (χ0) is 27.4. The molecule has 3 N–H and O–H groups in total. The van der Waals surface area contributed by atoms with Gasteiger partial charge in [0, 0.05) is 28.6 Å². The quantitative estimate of drug-likeness (QED) is 0.269. The number of carbonyl (C=O) groups excluding carboxylic acids is 2. The first-order valence-corrected chi connectivity index (χ1v) is 12.3. The number of anilines is 1. The third-order valence-electron chi connectivity index (χ3n) is 6.47. The predicted molar refractivity (Wildman–Crippen MR) is 153 cm³/mol. The summed E-state index contributed by atoms with van der Waals surface area (Å²) in [7, 11) is 0. The van der Waals surface area contributed by atoms with E-state index in [1.54, 1.807) is 36.5 Å². The number of hydrogen-bond acceptors (Lipinski definition) is 4. The summed E-state index contributed by atoms with van der Waals surface area (Å²) in [5, 5.41) is 12.5. The molecule has 188 valence electrons. The Kier molecular flexibility index (Phi) is 6.98. The molecule has 0 bridgehead atoms. The molecular weight excluding hydrogens is 484 g/mol. The van der Waals surface area contributed by atoms with E-state index < -0.39 is 5.91 Å². The number of benzene rings is 4. The summed E-state index contributed by atoms with van der Waals surface area (Å²) >= 11 is 0. The van der Waals surface area contributed by atoms with Crippen LogP contribution in [0.15, 0.2) is 109 Å². The summed E-state index contributed by atoms with van der Waals surface area (Å²) in [6.45, 7) is 1.97. The van der Waals surface area contributed by atoms with Crippen molar-refractivity contribution >= 4 is 17.5 Å². The van der Waals surface area contributed by atoms with Crippen molar-refractivity contribution in [2.45, 2.75) is 6.92 Å². The SMILES string of the molecule is Cc1cc(-c2cccc(C#N)c2)c(C(=O)Nc2cccc(-c3ccccn3)c2)cc1-c1ccc(C(N)=O)cc1. The van der Waals surface area contributed by atoms with E-state index in [1.807, 2.05) is 79.7 Å². The standard InChI is InChI=1S/C33H24N4O2/c1-21-16-29(25-7-4-6-22(17-25)20-34)30(19-28(21)23-11-13-24(14-12-23)32(35)38)33(39)37-27-9-5-8-26(18-27)31-10-2-3-15-36-31/h2-19H,1H3,(H2,35,38)(H,37,39). The lowest BCUT2D eigenvalue weighted by molar-refractivity contribution is 0.0997. The molecule has 0 saturated carbocycles. The lowest BCUT2D eigenvalue weighted by atomic mass is 9.90. The lowest BCUT2D eigenvalue weighted by Crippen LogP contribution is -2.14.